The van der Waals surface area contributed by atoms with Crippen LogP contribution >= 0.6 is 0 Å². The van der Waals surface area contributed by atoms with Crippen LogP contribution in [0.4, 0.5) is 0 Å². The van der Waals surface area contributed by atoms with Crippen molar-refractivity contribution in [2.75, 3.05) is 0 Å². The predicted molar refractivity (Wildman–Crippen MR) is 74.3 cm³/mol. The molecule has 1 N–H and O–H groups in total. The molecule has 2 saturated heterocycles. The normalized spacial score (nSPS) is 35.3. The summed E-state index contributed by atoms with van der Waals surface area (Å²) in [6.07, 6.45) is 5.49. The molecule has 0 aromatic heterocycles. The first-order valence-electron chi connectivity index (χ1n) is 7.23. The van der Waals surface area contributed by atoms with Gasteiger partial charge in [0.1, 0.15) is 0 Å². The van der Waals surface area contributed by atoms with Crippen molar-refractivity contribution in [3.8, 4) is 0 Å². The van der Waals surface area contributed by atoms with Crippen LogP contribution in [-0.2, 0) is 0 Å². The number of nitrogens with zero attached hydrogens (tertiary/aromatic N) is 1. The molecule has 0 aromatic rings. The Kier molecular flexibility index (Phi) is 3.33. The van der Waals surface area contributed by atoms with Gasteiger partial charge in [0, 0.05) is 29.2 Å². The Hall–Kier alpha value is -0.0800. The summed E-state index contributed by atoms with van der Waals surface area (Å²) in [5, 5.41) is 3.80. The zero-order valence-corrected chi connectivity index (χ0v) is 12.5. The fourth-order valence-electron chi connectivity index (χ4n) is 4.00. The molecule has 2 aliphatic heterocycles. The van der Waals surface area contributed by atoms with E-state index >= 15 is 0 Å². The molecule has 0 saturated carbocycles. The van der Waals surface area contributed by atoms with E-state index in [4.69, 9.17) is 0 Å². The number of rotatable bonds is 1. The smallest absolute Gasteiger partial charge is 0.0130 e. The van der Waals surface area contributed by atoms with Crippen molar-refractivity contribution in [1.29, 1.82) is 0 Å². The van der Waals surface area contributed by atoms with Crippen molar-refractivity contribution in [2.24, 2.45) is 0 Å². The van der Waals surface area contributed by atoms with Crippen LogP contribution in [0.5, 0.6) is 0 Å². The van der Waals surface area contributed by atoms with E-state index in [0.29, 0.717) is 5.54 Å². The molecule has 2 fully saturated rings. The van der Waals surface area contributed by atoms with E-state index in [1.54, 1.807) is 0 Å². The van der Waals surface area contributed by atoms with Crippen LogP contribution in [0, 0.1) is 0 Å². The number of nitrogens with one attached hydrogen (secondary N) is 1. The second-order valence-corrected chi connectivity index (χ2v) is 8.03. The van der Waals surface area contributed by atoms with Crippen LogP contribution in [0.25, 0.3) is 0 Å². The summed E-state index contributed by atoms with van der Waals surface area (Å²) in [5.74, 6) is 0. The van der Waals surface area contributed by atoms with Gasteiger partial charge in [-0.3, -0.25) is 4.90 Å². The van der Waals surface area contributed by atoms with E-state index in [0.717, 1.165) is 18.1 Å². The van der Waals surface area contributed by atoms with Crippen molar-refractivity contribution in [3.05, 3.63) is 0 Å². The first-order chi connectivity index (χ1) is 7.67. The molecular weight excluding hydrogens is 208 g/mol. The fourth-order valence-corrected chi connectivity index (χ4v) is 4.00. The number of piperidine rings is 1. The first kappa shape index (κ1) is 13.4. The monoisotopic (exact) mass is 238 g/mol. The van der Waals surface area contributed by atoms with Crippen molar-refractivity contribution in [1.82, 2.24) is 10.2 Å². The van der Waals surface area contributed by atoms with Gasteiger partial charge in [0.15, 0.2) is 0 Å². The largest absolute Gasteiger partial charge is 0.309 e. The minimum atomic E-state index is 0.258. The van der Waals surface area contributed by atoms with Gasteiger partial charge in [-0.05, 0) is 67.2 Å². The van der Waals surface area contributed by atoms with Gasteiger partial charge in [0.25, 0.3) is 0 Å². The third-order valence-corrected chi connectivity index (χ3v) is 4.14. The lowest BCUT2D eigenvalue weighted by Crippen LogP contribution is -2.58. The van der Waals surface area contributed by atoms with E-state index in [-0.39, 0.29) is 5.54 Å². The third-order valence-electron chi connectivity index (χ3n) is 4.14. The second kappa shape index (κ2) is 4.24. The van der Waals surface area contributed by atoms with Gasteiger partial charge in [-0.25, -0.2) is 0 Å². The second-order valence-electron chi connectivity index (χ2n) is 8.03. The van der Waals surface area contributed by atoms with Gasteiger partial charge in [0.2, 0.25) is 0 Å². The van der Waals surface area contributed by atoms with Gasteiger partial charge in [-0.1, -0.05) is 0 Å². The lowest BCUT2D eigenvalue weighted by molar-refractivity contribution is 0.0272. The Morgan fingerprint density at radius 1 is 0.882 bits per heavy atom. The molecule has 2 atom stereocenters. The molecule has 100 valence electrons. The summed E-state index contributed by atoms with van der Waals surface area (Å²) >= 11 is 0. The van der Waals surface area contributed by atoms with Crippen molar-refractivity contribution >= 4 is 0 Å². The Balaban J connectivity index is 2.02. The van der Waals surface area contributed by atoms with Crippen LogP contribution in [0.2, 0.25) is 0 Å². The van der Waals surface area contributed by atoms with Crippen LogP contribution in [0.3, 0.4) is 0 Å². The Morgan fingerprint density at radius 3 is 1.71 bits per heavy atom. The maximum absolute atomic E-state index is 3.80. The van der Waals surface area contributed by atoms with E-state index in [1.807, 2.05) is 0 Å². The lowest BCUT2D eigenvalue weighted by Gasteiger charge is -2.48. The van der Waals surface area contributed by atoms with Crippen molar-refractivity contribution in [3.63, 3.8) is 0 Å². The molecule has 0 radical (unpaired) electrons. The predicted octanol–water partition coefficient (Wildman–Crippen LogP) is 3.17. The molecule has 2 heterocycles. The molecule has 2 nitrogen and oxygen atoms in total. The molecular formula is C15H30N2. The maximum atomic E-state index is 3.80. The van der Waals surface area contributed by atoms with Gasteiger partial charge >= 0.3 is 0 Å². The summed E-state index contributed by atoms with van der Waals surface area (Å²) in [4.78, 5) is 2.79. The standard InChI is InChI=1S/C15H30N2/c1-14(2,3)16-11-9-12-7-8-13(10-11)17(12)15(4,5)6/h11-13,16H,7-10H2,1-6H3. The number of fused-ring (bicyclic) bond motifs is 2. The average Bonchev–Trinajstić information content (AvgIpc) is 2.35. The molecule has 2 rings (SSSR count). The summed E-state index contributed by atoms with van der Waals surface area (Å²) in [7, 11) is 0. The molecule has 0 spiro atoms. The molecule has 0 aromatic carbocycles. The zero-order chi connectivity index (χ0) is 12.8. The van der Waals surface area contributed by atoms with Gasteiger partial charge < -0.3 is 5.32 Å². The number of hydrogen-bond donors (Lipinski definition) is 1. The third kappa shape index (κ3) is 3.03. The SMILES string of the molecule is CC(C)(C)NC1CC2CCC(C1)N2C(C)(C)C. The maximum Gasteiger partial charge on any atom is 0.0130 e. The quantitative estimate of drug-likeness (QED) is 0.755. The van der Waals surface area contributed by atoms with Crippen LogP contribution in [0.15, 0.2) is 0 Å². The lowest BCUT2D eigenvalue weighted by atomic mass is 9.90. The summed E-state index contributed by atoms with van der Waals surface area (Å²) in [6.45, 7) is 14.0. The molecule has 2 unspecified atom stereocenters. The highest BCUT2D eigenvalue weighted by Crippen LogP contribution is 2.40. The van der Waals surface area contributed by atoms with Crippen molar-refractivity contribution in [2.45, 2.75) is 96.4 Å². The highest BCUT2D eigenvalue weighted by Gasteiger charge is 2.45. The average molecular weight is 238 g/mol. The minimum Gasteiger partial charge on any atom is -0.309 e. The molecule has 2 heteroatoms. The van der Waals surface area contributed by atoms with Gasteiger partial charge in [0.05, 0.1) is 0 Å². The fraction of sp³-hybridized carbons (Fsp3) is 1.00. The Labute approximate surface area is 107 Å². The van der Waals surface area contributed by atoms with Crippen LogP contribution in [0.1, 0.15) is 67.2 Å². The number of hydrogen-bond acceptors (Lipinski definition) is 2. The van der Waals surface area contributed by atoms with Crippen molar-refractivity contribution < 1.29 is 0 Å². The minimum absolute atomic E-state index is 0.258. The van der Waals surface area contributed by atoms with E-state index < -0.39 is 0 Å². The van der Waals surface area contributed by atoms with Gasteiger partial charge in [-0.2, -0.15) is 0 Å². The van der Waals surface area contributed by atoms with Crippen LogP contribution in [-0.4, -0.2) is 34.1 Å². The van der Waals surface area contributed by atoms with E-state index in [1.165, 1.54) is 25.7 Å². The van der Waals surface area contributed by atoms with Crippen LogP contribution < -0.4 is 5.32 Å². The Bertz CT molecular complexity index is 258. The molecule has 0 aliphatic carbocycles. The van der Waals surface area contributed by atoms with Gasteiger partial charge in [-0.15, -0.1) is 0 Å². The molecule has 2 bridgehead atoms. The highest BCUT2D eigenvalue weighted by molar-refractivity contribution is 5.02. The Morgan fingerprint density at radius 2 is 1.35 bits per heavy atom. The highest BCUT2D eigenvalue weighted by atomic mass is 15.3. The summed E-state index contributed by atoms with van der Waals surface area (Å²) < 4.78 is 0. The molecule has 0 amide bonds. The summed E-state index contributed by atoms with van der Waals surface area (Å²) in [6, 6.07) is 2.35. The topological polar surface area (TPSA) is 15.3 Å². The van der Waals surface area contributed by atoms with E-state index in [2.05, 4.69) is 51.8 Å². The molecule has 17 heavy (non-hydrogen) atoms. The van der Waals surface area contributed by atoms with E-state index in [9.17, 15) is 0 Å². The first-order valence-corrected chi connectivity index (χ1v) is 7.23. The zero-order valence-electron chi connectivity index (χ0n) is 12.5. The molecule has 2 aliphatic rings. The summed E-state index contributed by atoms with van der Waals surface area (Å²) in [5.41, 5.74) is 0.604.